The van der Waals surface area contributed by atoms with E-state index in [0.29, 0.717) is 11.0 Å². The highest BCUT2D eigenvalue weighted by Crippen LogP contribution is 2.39. The third-order valence-electron chi connectivity index (χ3n) is 5.85. The molecular weight excluding hydrogens is 446 g/mol. The van der Waals surface area contributed by atoms with Crippen LogP contribution in [-0.4, -0.2) is 33.1 Å². The number of thioether (sulfide) groups is 1. The van der Waals surface area contributed by atoms with Gasteiger partial charge in [0.1, 0.15) is 11.0 Å². The standard InChI is InChI=1S/C26H25N5O2S/c1-16-9-10-17(2)21(15-16)27-25(32)23-22(18-11-13-20(33-3)14-12-18)30-31-24(28-29-26(31)34-23)19-7-5-4-6-8-19/h4-15,22-23,30H,1-3H3,(H,27,32)/t22-,23+/m1/s1. The summed E-state index contributed by atoms with van der Waals surface area (Å²) in [6, 6.07) is 23.4. The summed E-state index contributed by atoms with van der Waals surface area (Å²) in [5.41, 5.74) is 8.35. The van der Waals surface area contributed by atoms with Gasteiger partial charge in [0.2, 0.25) is 11.1 Å². The van der Waals surface area contributed by atoms with Gasteiger partial charge in [0.15, 0.2) is 5.82 Å². The molecule has 0 bridgehead atoms. The second kappa shape index (κ2) is 9.23. The molecule has 0 saturated heterocycles. The number of anilines is 1. The third kappa shape index (κ3) is 4.24. The zero-order valence-corrected chi connectivity index (χ0v) is 20.0. The Hall–Kier alpha value is -3.78. The summed E-state index contributed by atoms with van der Waals surface area (Å²) in [6.45, 7) is 4.00. The Labute approximate surface area is 202 Å². The van der Waals surface area contributed by atoms with Gasteiger partial charge >= 0.3 is 0 Å². The maximum absolute atomic E-state index is 13.6. The number of nitrogens with one attached hydrogen (secondary N) is 2. The van der Waals surface area contributed by atoms with Crippen LogP contribution in [0.4, 0.5) is 5.69 Å². The summed E-state index contributed by atoms with van der Waals surface area (Å²) in [6.07, 6.45) is 0. The molecule has 1 amide bonds. The van der Waals surface area contributed by atoms with Crippen LogP contribution in [0.15, 0.2) is 78.0 Å². The van der Waals surface area contributed by atoms with Crippen molar-refractivity contribution in [3.05, 3.63) is 89.5 Å². The van der Waals surface area contributed by atoms with Crippen molar-refractivity contribution >= 4 is 23.4 Å². The molecule has 0 radical (unpaired) electrons. The van der Waals surface area contributed by atoms with E-state index in [1.807, 2.05) is 91.3 Å². The van der Waals surface area contributed by atoms with E-state index in [9.17, 15) is 4.79 Å². The Balaban J connectivity index is 1.52. The van der Waals surface area contributed by atoms with Crippen LogP contribution in [0.25, 0.3) is 11.4 Å². The number of carbonyl (C=O) groups is 1. The molecule has 0 aliphatic carbocycles. The minimum Gasteiger partial charge on any atom is -0.497 e. The number of hydrogen-bond acceptors (Lipinski definition) is 6. The van der Waals surface area contributed by atoms with Gasteiger partial charge in [-0.3, -0.25) is 4.79 Å². The first-order valence-corrected chi connectivity index (χ1v) is 11.9. The van der Waals surface area contributed by atoms with Gasteiger partial charge in [-0.1, -0.05) is 66.4 Å². The molecule has 8 heteroatoms. The number of fused-ring (bicyclic) bond motifs is 1. The van der Waals surface area contributed by atoms with E-state index >= 15 is 0 Å². The summed E-state index contributed by atoms with van der Waals surface area (Å²) in [4.78, 5) is 13.6. The van der Waals surface area contributed by atoms with E-state index in [1.54, 1.807) is 7.11 Å². The molecule has 2 heterocycles. The molecule has 7 nitrogen and oxygen atoms in total. The van der Waals surface area contributed by atoms with Crippen LogP contribution in [0.3, 0.4) is 0 Å². The second-order valence-electron chi connectivity index (χ2n) is 8.23. The first-order valence-electron chi connectivity index (χ1n) is 11.0. The molecule has 2 atom stereocenters. The van der Waals surface area contributed by atoms with Crippen molar-refractivity contribution in [2.24, 2.45) is 0 Å². The van der Waals surface area contributed by atoms with E-state index in [0.717, 1.165) is 33.7 Å². The summed E-state index contributed by atoms with van der Waals surface area (Å²) in [7, 11) is 1.64. The summed E-state index contributed by atoms with van der Waals surface area (Å²) < 4.78 is 7.20. The quantitative estimate of drug-likeness (QED) is 0.428. The number of methoxy groups -OCH3 is 1. The average Bonchev–Trinajstić information content (AvgIpc) is 3.29. The summed E-state index contributed by atoms with van der Waals surface area (Å²) in [5, 5.41) is 12.1. The molecule has 0 fully saturated rings. The van der Waals surface area contributed by atoms with Crippen molar-refractivity contribution in [2.75, 3.05) is 17.9 Å². The first kappa shape index (κ1) is 22.0. The number of aryl methyl sites for hydroxylation is 2. The molecule has 4 aromatic rings. The zero-order valence-electron chi connectivity index (χ0n) is 19.1. The minimum absolute atomic E-state index is 0.0949. The lowest BCUT2D eigenvalue weighted by atomic mass is 10.0. The van der Waals surface area contributed by atoms with Gasteiger partial charge in [0.25, 0.3) is 0 Å². The van der Waals surface area contributed by atoms with E-state index in [-0.39, 0.29) is 11.9 Å². The van der Waals surface area contributed by atoms with Gasteiger partial charge in [-0.2, -0.15) is 0 Å². The molecule has 2 N–H and O–H groups in total. The lowest BCUT2D eigenvalue weighted by Gasteiger charge is -2.33. The van der Waals surface area contributed by atoms with E-state index in [2.05, 4.69) is 20.9 Å². The second-order valence-corrected chi connectivity index (χ2v) is 9.34. The van der Waals surface area contributed by atoms with Crippen LogP contribution in [0.2, 0.25) is 0 Å². The molecule has 1 aliphatic heterocycles. The van der Waals surface area contributed by atoms with Crippen LogP contribution in [0.1, 0.15) is 22.7 Å². The maximum atomic E-state index is 13.6. The van der Waals surface area contributed by atoms with Crippen molar-refractivity contribution in [2.45, 2.75) is 30.3 Å². The van der Waals surface area contributed by atoms with Crippen molar-refractivity contribution in [1.82, 2.24) is 14.9 Å². The normalized spacial score (nSPS) is 16.9. The topological polar surface area (TPSA) is 81.1 Å². The number of nitrogens with zero attached hydrogens (tertiary/aromatic N) is 3. The van der Waals surface area contributed by atoms with Crippen LogP contribution < -0.4 is 15.5 Å². The molecule has 34 heavy (non-hydrogen) atoms. The number of ether oxygens (including phenoxy) is 1. The fourth-order valence-electron chi connectivity index (χ4n) is 3.97. The molecule has 1 aliphatic rings. The molecule has 0 spiro atoms. The molecule has 5 rings (SSSR count). The number of hydrogen-bond donors (Lipinski definition) is 2. The van der Waals surface area contributed by atoms with Crippen LogP contribution in [0.5, 0.6) is 5.75 Å². The number of benzene rings is 3. The Bertz CT molecular complexity index is 1320. The van der Waals surface area contributed by atoms with Crippen LogP contribution in [-0.2, 0) is 4.79 Å². The van der Waals surface area contributed by atoms with Crippen LogP contribution in [0, 0.1) is 13.8 Å². The number of rotatable bonds is 5. The highest BCUT2D eigenvalue weighted by molar-refractivity contribution is 8.00. The molecule has 1 aromatic heterocycles. The Morgan fingerprint density at radius 2 is 1.79 bits per heavy atom. The van der Waals surface area contributed by atoms with Gasteiger partial charge in [-0.25, -0.2) is 4.68 Å². The first-order chi connectivity index (χ1) is 16.5. The fourth-order valence-corrected chi connectivity index (χ4v) is 5.04. The Kier molecular flexibility index (Phi) is 5.98. The predicted octanol–water partition coefficient (Wildman–Crippen LogP) is 4.97. The Morgan fingerprint density at radius 3 is 2.53 bits per heavy atom. The SMILES string of the molecule is COc1ccc([C@H]2Nn3c(nnc3-c3ccccc3)S[C@@H]2C(=O)Nc2cc(C)ccc2C)cc1. The van der Waals surface area contributed by atoms with E-state index < -0.39 is 5.25 Å². The van der Waals surface area contributed by atoms with E-state index in [1.165, 1.54) is 11.8 Å². The highest BCUT2D eigenvalue weighted by atomic mass is 32.2. The van der Waals surface area contributed by atoms with Crippen molar-refractivity contribution in [3.8, 4) is 17.1 Å². The molecule has 172 valence electrons. The van der Waals surface area contributed by atoms with Crippen molar-refractivity contribution in [3.63, 3.8) is 0 Å². The third-order valence-corrected chi connectivity index (χ3v) is 7.07. The summed E-state index contributed by atoms with van der Waals surface area (Å²) in [5.74, 6) is 1.37. The summed E-state index contributed by atoms with van der Waals surface area (Å²) >= 11 is 1.41. The molecular formula is C26H25N5O2S. The van der Waals surface area contributed by atoms with Crippen molar-refractivity contribution < 1.29 is 9.53 Å². The number of amides is 1. The lowest BCUT2D eigenvalue weighted by molar-refractivity contribution is -0.116. The number of carbonyl (C=O) groups excluding carboxylic acids is 1. The fraction of sp³-hybridized carbons (Fsp3) is 0.192. The molecule has 0 saturated carbocycles. The molecule has 3 aromatic carbocycles. The van der Waals surface area contributed by atoms with Gasteiger partial charge in [0.05, 0.1) is 13.2 Å². The smallest absolute Gasteiger partial charge is 0.240 e. The highest BCUT2D eigenvalue weighted by Gasteiger charge is 2.38. The maximum Gasteiger partial charge on any atom is 0.240 e. The van der Waals surface area contributed by atoms with Gasteiger partial charge < -0.3 is 15.5 Å². The van der Waals surface area contributed by atoms with Gasteiger partial charge in [0, 0.05) is 11.3 Å². The van der Waals surface area contributed by atoms with Gasteiger partial charge in [-0.05, 0) is 48.7 Å². The zero-order chi connectivity index (χ0) is 23.7. The van der Waals surface area contributed by atoms with Crippen molar-refractivity contribution in [1.29, 1.82) is 0 Å². The number of aromatic nitrogens is 3. The predicted molar refractivity (Wildman–Crippen MR) is 135 cm³/mol. The minimum atomic E-state index is -0.464. The van der Waals surface area contributed by atoms with Gasteiger partial charge in [-0.15, -0.1) is 10.2 Å². The Morgan fingerprint density at radius 1 is 1.03 bits per heavy atom. The largest absolute Gasteiger partial charge is 0.497 e. The lowest BCUT2D eigenvalue weighted by Crippen LogP contribution is -2.41. The van der Waals surface area contributed by atoms with Crippen LogP contribution >= 0.6 is 11.8 Å². The average molecular weight is 472 g/mol. The monoisotopic (exact) mass is 471 g/mol. The van der Waals surface area contributed by atoms with E-state index in [4.69, 9.17) is 4.74 Å². The molecule has 0 unspecified atom stereocenters.